The first-order chi connectivity index (χ1) is 8.91. The van der Waals surface area contributed by atoms with Crippen molar-refractivity contribution in [2.75, 3.05) is 23.1 Å². The molecule has 1 unspecified atom stereocenters. The number of benzene rings is 1. The van der Waals surface area contributed by atoms with Gasteiger partial charge in [-0.3, -0.25) is 4.72 Å². The highest BCUT2D eigenvalue weighted by atomic mass is 35.5. The van der Waals surface area contributed by atoms with E-state index in [1.807, 2.05) is 0 Å². The molecule has 0 aliphatic carbocycles. The molecule has 106 valence electrons. The third kappa shape index (κ3) is 3.58. The van der Waals surface area contributed by atoms with Crippen LogP contribution in [0.15, 0.2) is 12.1 Å². The molecule has 1 atom stereocenters. The van der Waals surface area contributed by atoms with Crippen molar-refractivity contribution >= 4 is 38.9 Å². The van der Waals surface area contributed by atoms with Crippen molar-refractivity contribution in [2.45, 2.75) is 6.92 Å². The number of ether oxygens (including phenoxy) is 2. The molecule has 0 spiro atoms. The van der Waals surface area contributed by atoms with Gasteiger partial charge in [0.1, 0.15) is 0 Å². The zero-order valence-corrected chi connectivity index (χ0v) is 12.5. The van der Waals surface area contributed by atoms with E-state index < -0.39 is 10.0 Å². The quantitative estimate of drug-likeness (QED) is 0.845. The number of fused-ring (bicyclic) bond motifs is 1. The Kier molecular flexibility index (Phi) is 4.32. The van der Waals surface area contributed by atoms with Crippen LogP contribution >= 0.6 is 23.2 Å². The smallest absolute Gasteiger partial charge is 0.233 e. The van der Waals surface area contributed by atoms with Gasteiger partial charge in [0.05, 0.1) is 16.5 Å². The van der Waals surface area contributed by atoms with Gasteiger partial charge in [-0.1, -0.05) is 18.5 Å². The number of nitrogens with one attached hydrogen (secondary N) is 1. The Morgan fingerprint density at radius 1 is 1.37 bits per heavy atom. The van der Waals surface area contributed by atoms with Crippen molar-refractivity contribution in [2.24, 2.45) is 5.92 Å². The second-order valence-corrected chi connectivity index (χ2v) is 6.81. The lowest BCUT2D eigenvalue weighted by molar-refractivity contribution is 0.174. The van der Waals surface area contributed by atoms with Crippen molar-refractivity contribution < 1.29 is 17.9 Å². The Hall–Kier alpha value is -0.850. The average molecular weight is 326 g/mol. The van der Waals surface area contributed by atoms with Crippen LogP contribution in [0.2, 0.25) is 5.02 Å². The van der Waals surface area contributed by atoms with Gasteiger partial charge in [0.15, 0.2) is 11.5 Å². The first kappa shape index (κ1) is 14.6. The summed E-state index contributed by atoms with van der Waals surface area (Å²) in [5.41, 5.74) is 0.271. The van der Waals surface area contributed by atoms with Crippen LogP contribution in [0, 0.1) is 5.92 Å². The summed E-state index contributed by atoms with van der Waals surface area (Å²) in [5.74, 6) is 1.03. The third-order valence-corrected chi connectivity index (χ3v) is 4.87. The highest BCUT2D eigenvalue weighted by Gasteiger charge is 2.20. The molecule has 0 bridgehead atoms. The predicted molar refractivity (Wildman–Crippen MR) is 74.9 cm³/mol. The second-order valence-electron chi connectivity index (χ2n) is 4.33. The van der Waals surface area contributed by atoms with E-state index in [9.17, 15) is 8.42 Å². The first-order valence-electron chi connectivity index (χ1n) is 5.57. The standard InChI is InChI=1S/C11H13Cl2NO4S/c1-7(4-12)5-19(15,16)14-9-3-11-10(2-8(9)13)17-6-18-11/h2-3,7,14H,4-6H2,1H3. The van der Waals surface area contributed by atoms with Gasteiger partial charge in [0.25, 0.3) is 0 Å². The van der Waals surface area contributed by atoms with Gasteiger partial charge in [-0.25, -0.2) is 8.42 Å². The van der Waals surface area contributed by atoms with Crippen LogP contribution < -0.4 is 14.2 Å². The summed E-state index contributed by atoms with van der Waals surface area (Å²) in [6.45, 7) is 1.86. The molecule has 1 aliphatic rings. The van der Waals surface area contributed by atoms with Crippen molar-refractivity contribution in [1.82, 2.24) is 0 Å². The fraction of sp³-hybridized carbons (Fsp3) is 0.455. The lowest BCUT2D eigenvalue weighted by atomic mass is 10.3. The summed E-state index contributed by atoms with van der Waals surface area (Å²) in [6, 6.07) is 3.03. The van der Waals surface area contributed by atoms with Crippen LogP contribution in [-0.2, 0) is 10.0 Å². The molecule has 2 rings (SSSR count). The minimum Gasteiger partial charge on any atom is -0.454 e. The predicted octanol–water partition coefficient (Wildman–Crippen LogP) is 2.69. The number of sulfonamides is 1. The lowest BCUT2D eigenvalue weighted by Gasteiger charge is -2.12. The van der Waals surface area contributed by atoms with Crippen molar-refractivity contribution in [3.63, 3.8) is 0 Å². The number of halogens is 2. The molecular formula is C11H13Cl2NO4S. The van der Waals surface area contributed by atoms with Gasteiger partial charge < -0.3 is 9.47 Å². The fourth-order valence-electron chi connectivity index (χ4n) is 1.62. The van der Waals surface area contributed by atoms with E-state index in [0.717, 1.165) is 0 Å². The Morgan fingerprint density at radius 2 is 2.00 bits per heavy atom. The van der Waals surface area contributed by atoms with Crippen LogP contribution in [0.5, 0.6) is 11.5 Å². The van der Waals surface area contributed by atoms with Gasteiger partial charge in [-0.2, -0.15) is 0 Å². The number of alkyl halides is 1. The minimum absolute atomic E-state index is 0.0682. The molecular weight excluding hydrogens is 313 g/mol. The fourth-order valence-corrected chi connectivity index (χ4v) is 3.57. The number of hydrogen-bond donors (Lipinski definition) is 1. The van der Waals surface area contributed by atoms with Crippen LogP contribution in [0.4, 0.5) is 5.69 Å². The van der Waals surface area contributed by atoms with Gasteiger partial charge in [-0.05, 0) is 5.92 Å². The lowest BCUT2D eigenvalue weighted by Crippen LogP contribution is -2.22. The van der Waals surface area contributed by atoms with E-state index in [0.29, 0.717) is 11.5 Å². The number of hydrogen-bond acceptors (Lipinski definition) is 4. The summed E-state index contributed by atoms with van der Waals surface area (Å²) in [4.78, 5) is 0. The summed E-state index contributed by atoms with van der Waals surface area (Å²) in [5, 5.41) is 0.256. The molecule has 0 aromatic heterocycles. The average Bonchev–Trinajstić information content (AvgIpc) is 2.75. The molecule has 19 heavy (non-hydrogen) atoms. The summed E-state index contributed by atoms with van der Waals surface area (Å²) >= 11 is 11.6. The van der Waals surface area contributed by atoms with Gasteiger partial charge in [0.2, 0.25) is 16.8 Å². The Labute approximate surface area is 121 Å². The zero-order valence-electron chi connectivity index (χ0n) is 10.2. The number of anilines is 1. The first-order valence-corrected chi connectivity index (χ1v) is 8.13. The molecule has 8 heteroatoms. The summed E-state index contributed by atoms with van der Waals surface area (Å²) < 4.78 is 36.6. The molecule has 1 heterocycles. The van der Waals surface area contributed by atoms with E-state index in [1.165, 1.54) is 12.1 Å². The maximum absolute atomic E-state index is 11.9. The van der Waals surface area contributed by atoms with E-state index in [1.54, 1.807) is 6.92 Å². The van der Waals surface area contributed by atoms with E-state index in [4.69, 9.17) is 32.7 Å². The van der Waals surface area contributed by atoms with E-state index >= 15 is 0 Å². The Balaban J connectivity index is 2.19. The summed E-state index contributed by atoms with van der Waals surface area (Å²) in [7, 11) is -3.50. The van der Waals surface area contributed by atoms with Crippen LogP contribution in [0.3, 0.4) is 0 Å². The van der Waals surface area contributed by atoms with Crippen LogP contribution in [-0.4, -0.2) is 26.8 Å². The number of rotatable bonds is 5. The van der Waals surface area contributed by atoms with Crippen molar-refractivity contribution in [3.05, 3.63) is 17.2 Å². The third-order valence-electron chi connectivity index (χ3n) is 2.50. The Bertz CT molecular complexity index is 576. The molecule has 0 amide bonds. The van der Waals surface area contributed by atoms with Crippen LogP contribution in [0.1, 0.15) is 6.92 Å². The second kappa shape index (κ2) is 5.64. The Morgan fingerprint density at radius 3 is 2.63 bits per heavy atom. The molecule has 0 radical (unpaired) electrons. The van der Waals surface area contributed by atoms with Crippen LogP contribution in [0.25, 0.3) is 0 Å². The molecule has 1 aromatic rings. The van der Waals surface area contributed by atoms with Gasteiger partial charge in [-0.15, -0.1) is 11.6 Å². The molecule has 5 nitrogen and oxygen atoms in total. The summed E-state index contributed by atoms with van der Waals surface area (Å²) in [6.07, 6.45) is 0. The van der Waals surface area contributed by atoms with E-state index in [2.05, 4.69) is 4.72 Å². The van der Waals surface area contributed by atoms with Crippen molar-refractivity contribution in [3.8, 4) is 11.5 Å². The minimum atomic E-state index is -3.50. The van der Waals surface area contributed by atoms with Crippen molar-refractivity contribution in [1.29, 1.82) is 0 Å². The molecule has 0 saturated heterocycles. The molecule has 1 N–H and O–H groups in total. The molecule has 0 saturated carbocycles. The maximum Gasteiger partial charge on any atom is 0.233 e. The molecule has 0 fully saturated rings. The highest BCUT2D eigenvalue weighted by molar-refractivity contribution is 7.92. The monoisotopic (exact) mass is 325 g/mol. The highest BCUT2D eigenvalue weighted by Crippen LogP contribution is 2.39. The normalized spacial score (nSPS) is 15.3. The topological polar surface area (TPSA) is 64.6 Å². The zero-order chi connectivity index (χ0) is 14.0. The van der Waals surface area contributed by atoms with Gasteiger partial charge >= 0.3 is 0 Å². The van der Waals surface area contributed by atoms with Gasteiger partial charge in [0, 0.05) is 18.0 Å². The maximum atomic E-state index is 11.9. The molecule has 1 aliphatic heterocycles. The SMILES string of the molecule is CC(CCl)CS(=O)(=O)Nc1cc2c(cc1Cl)OCO2. The van der Waals surface area contributed by atoms with E-state index in [-0.39, 0.29) is 35.1 Å². The largest absolute Gasteiger partial charge is 0.454 e. The molecule has 1 aromatic carbocycles.